The summed E-state index contributed by atoms with van der Waals surface area (Å²) in [6, 6.07) is -0.422. The van der Waals surface area contributed by atoms with Crippen LogP contribution in [0.4, 0.5) is 0 Å². The van der Waals surface area contributed by atoms with Crippen LogP contribution in [0.25, 0.3) is 0 Å². The third kappa shape index (κ3) is 1.88. The summed E-state index contributed by atoms with van der Waals surface area (Å²) in [7, 11) is 0. The van der Waals surface area contributed by atoms with Crippen LogP contribution in [0.3, 0.4) is 0 Å². The molecule has 2 fully saturated rings. The molecule has 1 aliphatic heterocycles. The number of amides is 1. The van der Waals surface area contributed by atoms with Gasteiger partial charge in [0, 0.05) is 0 Å². The van der Waals surface area contributed by atoms with Crippen molar-refractivity contribution in [2.45, 2.75) is 38.3 Å². The molecule has 0 aromatic carbocycles. The number of aliphatic hydroxyl groups is 1. The van der Waals surface area contributed by atoms with Crippen molar-refractivity contribution in [3.63, 3.8) is 0 Å². The minimum absolute atomic E-state index is 0.0182. The number of carbonyl (C=O) groups excluding carboxylic acids is 1. The molecule has 0 aromatic rings. The van der Waals surface area contributed by atoms with Crippen LogP contribution in [-0.4, -0.2) is 40.6 Å². The molecule has 1 saturated heterocycles. The fourth-order valence-electron chi connectivity index (χ4n) is 2.15. The van der Waals surface area contributed by atoms with E-state index in [2.05, 4.69) is 0 Å². The first-order valence-corrected chi connectivity index (χ1v) is 5.71. The van der Waals surface area contributed by atoms with Gasteiger partial charge < -0.3 is 15.7 Å². The summed E-state index contributed by atoms with van der Waals surface area (Å²) in [4.78, 5) is 13.5. The van der Waals surface area contributed by atoms with Crippen LogP contribution in [-0.2, 0) is 4.79 Å². The molecule has 1 amide bonds. The fraction of sp³-hybridized carbons (Fsp3) is 0.909. The molecule has 3 N–H and O–H groups in total. The predicted molar refractivity (Wildman–Crippen MR) is 57.1 cm³/mol. The van der Waals surface area contributed by atoms with E-state index in [0.29, 0.717) is 19.0 Å². The highest BCUT2D eigenvalue weighted by Gasteiger charge is 2.53. The Morgan fingerprint density at radius 2 is 2.00 bits per heavy atom. The second-order valence-electron chi connectivity index (χ2n) is 5.34. The zero-order valence-corrected chi connectivity index (χ0v) is 9.44. The third-order valence-corrected chi connectivity index (χ3v) is 3.58. The number of carbonyl (C=O) groups is 1. The largest absolute Gasteiger partial charge is 0.386 e. The summed E-state index contributed by atoms with van der Waals surface area (Å²) >= 11 is 0. The van der Waals surface area contributed by atoms with Crippen LogP contribution < -0.4 is 5.73 Å². The summed E-state index contributed by atoms with van der Waals surface area (Å²) in [5.41, 5.74) is 5.19. The molecular weight excluding hydrogens is 192 g/mol. The van der Waals surface area contributed by atoms with Crippen LogP contribution in [0.1, 0.15) is 26.7 Å². The fourth-order valence-corrected chi connectivity index (χ4v) is 2.15. The number of likely N-dealkylation sites (tertiary alicyclic amines) is 1. The summed E-state index contributed by atoms with van der Waals surface area (Å²) < 4.78 is 0. The third-order valence-electron chi connectivity index (χ3n) is 3.58. The van der Waals surface area contributed by atoms with Gasteiger partial charge in [-0.1, -0.05) is 13.8 Å². The molecular formula is C11H20N2O2. The Labute approximate surface area is 90.4 Å². The van der Waals surface area contributed by atoms with Gasteiger partial charge in [0.2, 0.25) is 5.91 Å². The maximum atomic E-state index is 11.8. The maximum absolute atomic E-state index is 11.8. The van der Waals surface area contributed by atoms with Crippen molar-refractivity contribution in [3.8, 4) is 0 Å². The first-order valence-electron chi connectivity index (χ1n) is 5.71. The average Bonchev–Trinajstić information content (AvgIpc) is 2.93. The topological polar surface area (TPSA) is 66.6 Å². The summed E-state index contributed by atoms with van der Waals surface area (Å²) in [5, 5.41) is 10.1. The summed E-state index contributed by atoms with van der Waals surface area (Å²) in [5.74, 6) is 0.569. The second kappa shape index (κ2) is 3.46. The maximum Gasteiger partial charge on any atom is 0.239 e. The number of nitrogens with zero attached hydrogens (tertiary/aromatic N) is 1. The molecule has 0 aromatic heterocycles. The molecule has 0 unspecified atom stereocenters. The predicted octanol–water partition coefficient (Wildman–Crippen LogP) is -0.0470. The van der Waals surface area contributed by atoms with Gasteiger partial charge >= 0.3 is 0 Å². The van der Waals surface area contributed by atoms with E-state index in [-0.39, 0.29) is 11.8 Å². The molecule has 86 valence electrons. The van der Waals surface area contributed by atoms with Crippen molar-refractivity contribution in [2.75, 3.05) is 13.1 Å². The lowest BCUT2D eigenvalue weighted by Crippen LogP contribution is -2.67. The average molecular weight is 212 g/mol. The molecule has 1 atom stereocenters. The van der Waals surface area contributed by atoms with E-state index in [1.807, 2.05) is 13.8 Å². The SMILES string of the molecule is CC(C)[C@@H](N)C(=O)N1CC(O)(C2CC2)C1. The van der Waals surface area contributed by atoms with E-state index in [4.69, 9.17) is 5.73 Å². The van der Waals surface area contributed by atoms with Gasteiger partial charge in [0.05, 0.1) is 19.1 Å². The van der Waals surface area contributed by atoms with Gasteiger partial charge in [-0.05, 0) is 24.7 Å². The van der Waals surface area contributed by atoms with Crippen LogP contribution in [0.5, 0.6) is 0 Å². The molecule has 0 radical (unpaired) electrons. The van der Waals surface area contributed by atoms with Crippen molar-refractivity contribution in [3.05, 3.63) is 0 Å². The van der Waals surface area contributed by atoms with Crippen LogP contribution in [0.2, 0.25) is 0 Å². The van der Waals surface area contributed by atoms with E-state index in [1.54, 1.807) is 4.90 Å². The van der Waals surface area contributed by atoms with Gasteiger partial charge in [-0.15, -0.1) is 0 Å². The standard InChI is InChI=1S/C11H20N2O2/c1-7(2)9(12)10(14)13-5-11(15,6-13)8-3-4-8/h7-9,15H,3-6,12H2,1-2H3/t9-/m1/s1. The summed E-state index contributed by atoms with van der Waals surface area (Å²) in [6.45, 7) is 4.85. The van der Waals surface area contributed by atoms with E-state index in [0.717, 1.165) is 12.8 Å². The lowest BCUT2D eigenvalue weighted by Gasteiger charge is -2.48. The number of rotatable bonds is 3. The highest BCUT2D eigenvalue weighted by Crippen LogP contribution is 2.44. The van der Waals surface area contributed by atoms with E-state index in [9.17, 15) is 9.90 Å². The zero-order valence-electron chi connectivity index (χ0n) is 9.44. The quantitative estimate of drug-likeness (QED) is 0.689. The van der Waals surface area contributed by atoms with E-state index < -0.39 is 11.6 Å². The number of hydrogen-bond donors (Lipinski definition) is 2. The lowest BCUT2D eigenvalue weighted by molar-refractivity contribution is -0.161. The normalized spacial score (nSPS) is 26.3. The van der Waals surface area contributed by atoms with Crippen LogP contribution in [0.15, 0.2) is 0 Å². The molecule has 2 aliphatic rings. The second-order valence-corrected chi connectivity index (χ2v) is 5.34. The molecule has 0 spiro atoms. The number of nitrogens with two attached hydrogens (primary N) is 1. The Morgan fingerprint density at radius 1 is 1.47 bits per heavy atom. The highest BCUT2D eigenvalue weighted by atomic mass is 16.3. The molecule has 4 nitrogen and oxygen atoms in total. The zero-order chi connectivity index (χ0) is 11.2. The minimum Gasteiger partial charge on any atom is -0.386 e. The first-order chi connectivity index (χ1) is 6.94. The molecule has 1 aliphatic carbocycles. The van der Waals surface area contributed by atoms with Crippen LogP contribution in [0, 0.1) is 11.8 Å². The minimum atomic E-state index is -0.591. The molecule has 1 saturated carbocycles. The molecule has 1 heterocycles. The smallest absolute Gasteiger partial charge is 0.239 e. The van der Waals surface area contributed by atoms with Crippen molar-refractivity contribution in [1.29, 1.82) is 0 Å². The van der Waals surface area contributed by atoms with Crippen molar-refractivity contribution < 1.29 is 9.90 Å². The van der Waals surface area contributed by atoms with E-state index >= 15 is 0 Å². The summed E-state index contributed by atoms with van der Waals surface area (Å²) in [6.07, 6.45) is 2.21. The van der Waals surface area contributed by atoms with E-state index in [1.165, 1.54) is 0 Å². The van der Waals surface area contributed by atoms with Gasteiger partial charge in [-0.25, -0.2) is 0 Å². The van der Waals surface area contributed by atoms with Gasteiger partial charge in [-0.2, -0.15) is 0 Å². The lowest BCUT2D eigenvalue weighted by atomic mass is 9.87. The van der Waals surface area contributed by atoms with Gasteiger partial charge in [0.25, 0.3) is 0 Å². The highest BCUT2D eigenvalue weighted by molar-refractivity contribution is 5.83. The van der Waals surface area contributed by atoms with Crippen molar-refractivity contribution in [1.82, 2.24) is 4.90 Å². The van der Waals surface area contributed by atoms with Crippen molar-refractivity contribution in [2.24, 2.45) is 17.6 Å². The Balaban J connectivity index is 1.85. The van der Waals surface area contributed by atoms with Gasteiger partial charge in [-0.3, -0.25) is 4.79 Å². The number of β-amino-alcohol motifs (C(OH)–C–C–N with tert-alkyl or cyclic N) is 1. The number of hydrogen-bond acceptors (Lipinski definition) is 3. The Bertz CT molecular complexity index is 268. The van der Waals surface area contributed by atoms with Crippen molar-refractivity contribution >= 4 is 5.91 Å². The first kappa shape index (κ1) is 10.9. The molecule has 4 heteroatoms. The Hall–Kier alpha value is -0.610. The molecule has 2 rings (SSSR count). The Morgan fingerprint density at radius 3 is 2.40 bits per heavy atom. The van der Waals surface area contributed by atoms with Gasteiger partial charge in [0.15, 0.2) is 0 Å². The monoisotopic (exact) mass is 212 g/mol. The Kier molecular flexibility index (Phi) is 2.51. The molecule has 15 heavy (non-hydrogen) atoms. The molecule has 0 bridgehead atoms. The van der Waals surface area contributed by atoms with Crippen LogP contribution >= 0.6 is 0 Å². The van der Waals surface area contributed by atoms with Gasteiger partial charge in [0.1, 0.15) is 5.60 Å².